The summed E-state index contributed by atoms with van der Waals surface area (Å²) < 4.78 is 15.2. The van der Waals surface area contributed by atoms with Gasteiger partial charge >= 0.3 is 0 Å². The number of halogens is 2. The van der Waals surface area contributed by atoms with Gasteiger partial charge < -0.3 is 9.47 Å². The van der Waals surface area contributed by atoms with Gasteiger partial charge in [-0.2, -0.15) is 5.26 Å². The molecule has 2 aromatic heterocycles. The van der Waals surface area contributed by atoms with Gasteiger partial charge in [0.25, 0.3) is 5.56 Å². The Morgan fingerprint density at radius 3 is 2.35 bits per heavy atom. The Bertz CT molecular complexity index is 1550. The number of nitrogens with zero attached hydrogens (tertiary/aromatic N) is 5. The third kappa shape index (κ3) is 4.48. The Labute approximate surface area is 220 Å². The fourth-order valence-corrected chi connectivity index (χ4v) is 5.69. The number of piperazine rings is 1. The van der Waals surface area contributed by atoms with Crippen molar-refractivity contribution in [2.24, 2.45) is 7.05 Å². The fraction of sp³-hybridized carbons (Fsp3) is 0.276. The van der Waals surface area contributed by atoms with Gasteiger partial charge in [-0.05, 0) is 49.2 Å². The zero-order valence-corrected chi connectivity index (χ0v) is 21.7. The number of aromatic nitrogens is 2. The third-order valence-electron chi connectivity index (χ3n) is 7.23. The van der Waals surface area contributed by atoms with E-state index in [1.165, 1.54) is 16.7 Å². The molecule has 1 unspecified atom stereocenters. The summed E-state index contributed by atoms with van der Waals surface area (Å²) in [5.74, 6) is -0.266. The van der Waals surface area contributed by atoms with E-state index in [1.807, 2.05) is 30.3 Å². The number of nitriles is 1. The minimum Gasteiger partial charge on any atom is -0.363 e. The van der Waals surface area contributed by atoms with E-state index in [-0.39, 0.29) is 40.2 Å². The van der Waals surface area contributed by atoms with E-state index in [9.17, 15) is 14.4 Å². The smallest absolute Gasteiger partial charge is 0.271 e. The van der Waals surface area contributed by atoms with Crippen molar-refractivity contribution < 1.29 is 4.39 Å². The lowest BCUT2D eigenvalue weighted by Gasteiger charge is -2.48. The van der Waals surface area contributed by atoms with Crippen LogP contribution in [0.4, 0.5) is 10.1 Å². The van der Waals surface area contributed by atoms with Gasteiger partial charge in [0.15, 0.2) is 0 Å². The number of anilines is 1. The van der Waals surface area contributed by atoms with Crippen molar-refractivity contribution in [3.8, 4) is 6.07 Å². The van der Waals surface area contributed by atoms with E-state index in [0.717, 1.165) is 11.1 Å². The molecule has 0 saturated carbocycles. The molecule has 6 nitrogen and oxygen atoms in total. The van der Waals surface area contributed by atoms with Crippen LogP contribution >= 0.6 is 11.6 Å². The second-order valence-corrected chi connectivity index (χ2v) is 9.99. The first kappa shape index (κ1) is 24.9. The molecule has 5 rings (SSSR count). The van der Waals surface area contributed by atoms with Gasteiger partial charge in [-0.15, -0.1) is 0 Å². The van der Waals surface area contributed by atoms with Crippen molar-refractivity contribution in [1.82, 2.24) is 14.5 Å². The molecule has 37 heavy (non-hydrogen) atoms. The quantitative estimate of drug-likeness (QED) is 0.369. The topological polar surface area (TPSA) is 65.2 Å². The van der Waals surface area contributed by atoms with E-state index in [1.54, 1.807) is 19.2 Å². The van der Waals surface area contributed by atoms with Crippen molar-refractivity contribution in [3.63, 3.8) is 0 Å². The van der Waals surface area contributed by atoms with E-state index in [4.69, 9.17) is 11.6 Å². The molecule has 3 heterocycles. The maximum atomic E-state index is 13.8. The zero-order valence-electron chi connectivity index (χ0n) is 20.9. The maximum Gasteiger partial charge on any atom is 0.271 e. The summed E-state index contributed by atoms with van der Waals surface area (Å²) in [5, 5.41) is 9.56. The Kier molecular flexibility index (Phi) is 6.72. The normalized spacial score (nSPS) is 19.1. The van der Waals surface area contributed by atoms with Gasteiger partial charge in [0.1, 0.15) is 28.1 Å². The highest BCUT2D eigenvalue weighted by molar-refractivity contribution is 6.34. The molecule has 0 amide bonds. The molecule has 8 heteroatoms. The van der Waals surface area contributed by atoms with Crippen LogP contribution in [0.25, 0.3) is 11.0 Å². The van der Waals surface area contributed by atoms with Crippen LogP contribution in [0.5, 0.6) is 0 Å². The third-order valence-corrected chi connectivity index (χ3v) is 7.57. The summed E-state index contributed by atoms with van der Waals surface area (Å²) in [6, 6.07) is 22.3. The van der Waals surface area contributed by atoms with E-state index >= 15 is 0 Å². The van der Waals surface area contributed by atoms with Gasteiger partial charge in [0.2, 0.25) is 0 Å². The number of aryl methyl sites for hydroxylation is 1. The van der Waals surface area contributed by atoms with Gasteiger partial charge in [-0.25, -0.2) is 9.37 Å². The second kappa shape index (κ2) is 9.97. The second-order valence-electron chi connectivity index (χ2n) is 9.61. The van der Waals surface area contributed by atoms with E-state index < -0.39 is 0 Å². The molecule has 0 N–H and O–H groups in total. The molecule has 1 aliphatic rings. The number of rotatable bonds is 4. The van der Waals surface area contributed by atoms with E-state index in [0.29, 0.717) is 29.8 Å². The van der Waals surface area contributed by atoms with Crippen LogP contribution in [0.1, 0.15) is 36.7 Å². The van der Waals surface area contributed by atoms with Crippen LogP contribution in [0.2, 0.25) is 5.02 Å². The van der Waals surface area contributed by atoms with Gasteiger partial charge in [-0.1, -0.05) is 54.1 Å². The van der Waals surface area contributed by atoms with Crippen molar-refractivity contribution in [2.75, 3.05) is 18.0 Å². The minimum atomic E-state index is -0.300. The molecular weight excluding hydrogens is 489 g/mol. The lowest BCUT2D eigenvalue weighted by atomic mass is 9.93. The summed E-state index contributed by atoms with van der Waals surface area (Å²) >= 11 is 6.68. The summed E-state index contributed by atoms with van der Waals surface area (Å²) in [6.45, 7) is 5.50. The average Bonchev–Trinajstić information content (AvgIpc) is 2.91. The first-order valence-electron chi connectivity index (χ1n) is 12.2. The molecule has 3 atom stereocenters. The van der Waals surface area contributed by atoms with Crippen molar-refractivity contribution in [2.45, 2.75) is 32.0 Å². The molecule has 0 radical (unpaired) electrons. The summed E-state index contributed by atoms with van der Waals surface area (Å²) in [6.07, 6.45) is 0. The number of benzene rings is 2. The number of hydrogen-bond donors (Lipinski definition) is 0. The maximum absolute atomic E-state index is 13.8. The molecule has 1 fully saturated rings. The molecule has 0 bridgehead atoms. The molecule has 1 aliphatic heterocycles. The van der Waals surface area contributed by atoms with Crippen LogP contribution < -0.4 is 10.5 Å². The van der Waals surface area contributed by atoms with Crippen LogP contribution in [0, 0.1) is 17.1 Å². The predicted molar refractivity (Wildman–Crippen MR) is 144 cm³/mol. The van der Waals surface area contributed by atoms with E-state index in [2.05, 4.69) is 46.8 Å². The largest absolute Gasteiger partial charge is 0.363 e. The Balaban J connectivity index is 1.58. The first-order valence-corrected chi connectivity index (χ1v) is 12.6. The summed E-state index contributed by atoms with van der Waals surface area (Å²) in [5.41, 5.74) is 3.83. The number of hydrogen-bond acceptors (Lipinski definition) is 5. The molecule has 1 saturated heterocycles. The van der Waals surface area contributed by atoms with Crippen LogP contribution in [-0.4, -0.2) is 39.6 Å². The summed E-state index contributed by atoms with van der Waals surface area (Å²) in [4.78, 5) is 22.1. The SMILES string of the molecule is C[C@@H]1CN(c2c(Cl)c(=O)n(C)c3ccc(C#N)nc23)[C@@H](C)CN1C(c1ccccc1)c1ccc(F)cc1. The molecular formula is C29H27ClFN5O. The fourth-order valence-electron chi connectivity index (χ4n) is 5.36. The minimum absolute atomic E-state index is 0.0248. The number of fused-ring (bicyclic) bond motifs is 1. The molecule has 188 valence electrons. The highest BCUT2D eigenvalue weighted by Crippen LogP contribution is 2.38. The number of pyridine rings is 2. The first-order chi connectivity index (χ1) is 17.8. The van der Waals surface area contributed by atoms with Crippen LogP contribution in [0.15, 0.2) is 71.5 Å². The zero-order chi connectivity index (χ0) is 26.3. The van der Waals surface area contributed by atoms with Crippen molar-refractivity contribution in [3.05, 3.63) is 105 Å². The molecule has 0 spiro atoms. The Hall–Kier alpha value is -3.73. The van der Waals surface area contributed by atoms with Gasteiger partial charge in [0, 0.05) is 32.2 Å². The predicted octanol–water partition coefficient (Wildman–Crippen LogP) is 5.29. The van der Waals surface area contributed by atoms with Crippen molar-refractivity contribution in [1.29, 1.82) is 5.26 Å². The standard InChI is InChI=1S/C29H27ClFN5O/c1-18-17-36(28-25(30)29(37)34(3)24-14-13-23(15-32)33-26(24)28)19(2)16-35(18)27(20-7-5-4-6-8-20)21-9-11-22(31)12-10-21/h4-14,18-19,27H,16-17H2,1-3H3/t18-,19+,27?/m1/s1. The highest BCUT2D eigenvalue weighted by Gasteiger charge is 2.37. The monoisotopic (exact) mass is 515 g/mol. The lowest BCUT2D eigenvalue weighted by Crippen LogP contribution is -2.57. The Morgan fingerprint density at radius 1 is 1.00 bits per heavy atom. The average molecular weight is 516 g/mol. The lowest BCUT2D eigenvalue weighted by molar-refractivity contribution is 0.130. The van der Waals surface area contributed by atoms with Crippen molar-refractivity contribution >= 4 is 28.3 Å². The molecule has 2 aromatic carbocycles. The van der Waals surface area contributed by atoms with Gasteiger partial charge in [-0.3, -0.25) is 9.69 Å². The highest BCUT2D eigenvalue weighted by atomic mass is 35.5. The molecule has 4 aromatic rings. The van der Waals surface area contributed by atoms with Crippen LogP contribution in [-0.2, 0) is 7.05 Å². The van der Waals surface area contributed by atoms with Crippen LogP contribution in [0.3, 0.4) is 0 Å². The summed E-state index contributed by atoms with van der Waals surface area (Å²) in [7, 11) is 1.66. The Morgan fingerprint density at radius 2 is 1.68 bits per heavy atom. The van der Waals surface area contributed by atoms with Gasteiger partial charge in [0.05, 0.1) is 17.2 Å². The molecule has 0 aliphatic carbocycles.